The molecule has 0 aliphatic carbocycles. The van der Waals surface area contributed by atoms with E-state index in [0.29, 0.717) is 6.54 Å². The number of carbonyl (C=O) groups is 1. The molecule has 0 radical (unpaired) electrons. The minimum Gasteiger partial charge on any atom is -0.396 e. The van der Waals surface area contributed by atoms with Crippen LogP contribution in [0.25, 0.3) is 0 Å². The molecule has 3 heteroatoms. The van der Waals surface area contributed by atoms with E-state index >= 15 is 0 Å². The van der Waals surface area contributed by atoms with Gasteiger partial charge in [0.05, 0.1) is 0 Å². The molecule has 0 rings (SSSR count). The average molecular weight is 173 g/mol. The zero-order chi connectivity index (χ0) is 9.40. The molecule has 0 heterocycles. The van der Waals surface area contributed by atoms with E-state index in [4.69, 9.17) is 5.11 Å². The normalized spacial score (nSPS) is 12.6. The molecule has 0 fully saturated rings. The summed E-state index contributed by atoms with van der Waals surface area (Å²) < 4.78 is 0. The first-order valence-electron chi connectivity index (χ1n) is 4.56. The molecule has 0 aliphatic rings. The van der Waals surface area contributed by atoms with Crippen LogP contribution in [0.15, 0.2) is 0 Å². The number of rotatable bonds is 6. The first-order chi connectivity index (χ1) is 5.70. The second kappa shape index (κ2) is 7.10. The standard InChI is InChI=1S/C9H19NO2/c1-3-4-5-9(7-11)6-10-8(2)12/h9,11H,3-7H2,1-2H3,(H,10,12). The van der Waals surface area contributed by atoms with Gasteiger partial charge in [0, 0.05) is 20.1 Å². The van der Waals surface area contributed by atoms with Gasteiger partial charge in [-0.15, -0.1) is 0 Å². The third kappa shape index (κ3) is 6.16. The van der Waals surface area contributed by atoms with E-state index in [1.165, 1.54) is 6.92 Å². The summed E-state index contributed by atoms with van der Waals surface area (Å²) in [4.78, 5) is 10.5. The summed E-state index contributed by atoms with van der Waals surface area (Å²) in [6, 6.07) is 0. The van der Waals surface area contributed by atoms with Gasteiger partial charge in [-0.05, 0) is 12.3 Å². The van der Waals surface area contributed by atoms with Crippen LogP contribution in [0.5, 0.6) is 0 Å². The molecule has 0 saturated carbocycles. The minimum atomic E-state index is -0.0232. The summed E-state index contributed by atoms with van der Waals surface area (Å²) in [6.07, 6.45) is 3.24. The van der Waals surface area contributed by atoms with Crippen LogP contribution in [0.4, 0.5) is 0 Å². The molecule has 0 spiro atoms. The Balaban J connectivity index is 3.45. The molecule has 0 aromatic heterocycles. The van der Waals surface area contributed by atoms with E-state index in [9.17, 15) is 4.79 Å². The van der Waals surface area contributed by atoms with Crippen molar-refractivity contribution in [3.63, 3.8) is 0 Å². The molecule has 0 aromatic carbocycles. The second-order valence-corrected chi connectivity index (χ2v) is 3.13. The number of nitrogens with one attached hydrogen (secondary N) is 1. The summed E-state index contributed by atoms with van der Waals surface area (Å²) in [5, 5.41) is 11.6. The largest absolute Gasteiger partial charge is 0.396 e. The Morgan fingerprint density at radius 1 is 1.58 bits per heavy atom. The fourth-order valence-corrected chi connectivity index (χ4v) is 1.04. The van der Waals surface area contributed by atoms with Gasteiger partial charge in [0.15, 0.2) is 0 Å². The molecule has 12 heavy (non-hydrogen) atoms. The zero-order valence-corrected chi connectivity index (χ0v) is 7.97. The summed E-state index contributed by atoms with van der Waals surface area (Å²) in [7, 11) is 0. The average Bonchev–Trinajstić information content (AvgIpc) is 2.05. The van der Waals surface area contributed by atoms with Crippen LogP contribution in [0, 0.1) is 5.92 Å². The predicted octanol–water partition coefficient (Wildman–Crippen LogP) is 0.921. The van der Waals surface area contributed by atoms with Crippen molar-refractivity contribution in [3.05, 3.63) is 0 Å². The molecule has 3 nitrogen and oxygen atoms in total. The SMILES string of the molecule is CCCCC(CO)CNC(C)=O. The van der Waals surface area contributed by atoms with Crippen molar-refractivity contribution in [2.75, 3.05) is 13.2 Å². The molecule has 0 saturated heterocycles. The molecule has 2 N–H and O–H groups in total. The van der Waals surface area contributed by atoms with Crippen LogP contribution >= 0.6 is 0 Å². The summed E-state index contributed by atoms with van der Waals surface area (Å²) in [5.74, 6) is 0.207. The van der Waals surface area contributed by atoms with E-state index in [1.54, 1.807) is 0 Å². The number of amides is 1. The van der Waals surface area contributed by atoms with E-state index in [-0.39, 0.29) is 18.4 Å². The number of aliphatic hydroxyl groups excluding tert-OH is 1. The number of aliphatic hydroxyl groups is 1. The Hall–Kier alpha value is -0.570. The summed E-state index contributed by atoms with van der Waals surface area (Å²) in [6.45, 7) is 4.38. The fraction of sp³-hybridized carbons (Fsp3) is 0.889. The van der Waals surface area contributed by atoms with Crippen molar-refractivity contribution in [3.8, 4) is 0 Å². The van der Waals surface area contributed by atoms with E-state index in [0.717, 1.165) is 19.3 Å². The Morgan fingerprint density at radius 2 is 2.25 bits per heavy atom. The fourth-order valence-electron chi connectivity index (χ4n) is 1.04. The van der Waals surface area contributed by atoms with Gasteiger partial charge in [0.25, 0.3) is 0 Å². The number of unbranched alkanes of at least 4 members (excludes halogenated alkanes) is 1. The number of carbonyl (C=O) groups excluding carboxylic acids is 1. The molecule has 72 valence electrons. The monoisotopic (exact) mass is 173 g/mol. The maximum Gasteiger partial charge on any atom is 0.216 e. The Bertz CT molecular complexity index is 126. The lowest BCUT2D eigenvalue weighted by Crippen LogP contribution is -2.28. The van der Waals surface area contributed by atoms with Gasteiger partial charge in [-0.25, -0.2) is 0 Å². The summed E-state index contributed by atoms with van der Waals surface area (Å²) >= 11 is 0. The third-order valence-corrected chi connectivity index (χ3v) is 1.86. The molecule has 0 aliphatic heterocycles. The topological polar surface area (TPSA) is 49.3 Å². The van der Waals surface area contributed by atoms with E-state index in [1.807, 2.05) is 0 Å². The highest BCUT2D eigenvalue weighted by Crippen LogP contribution is 2.06. The van der Waals surface area contributed by atoms with Crippen molar-refractivity contribution < 1.29 is 9.90 Å². The van der Waals surface area contributed by atoms with Gasteiger partial charge in [-0.3, -0.25) is 4.79 Å². The van der Waals surface area contributed by atoms with Crippen LogP contribution < -0.4 is 5.32 Å². The molecular weight excluding hydrogens is 154 g/mol. The Kier molecular flexibility index (Phi) is 6.76. The van der Waals surface area contributed by atoms with Crippen LogP contribution in [0.2, 0.25) is 0 Å². The Labute approximate surface area is 74.2 Å². The van der Waals surface area contributed by atoms with Crippen LogP contribution in [0.3, 0.4) is 0 Å². The van der Waals surface area contributed by atoms with E-state index < -0.39 is 0 Å². The zero-order valence-electron chi connectivity index (χ0n) is 7.97. The molecule has 0 aromatic rings. The van der Waals surface area contributed by atoms with Gasteiger partial charge in [-0.2, -0.15) is 0 Å². The number of hydrogen-bond donors (Lipinski definition) is 2. The highest BCUT2D eigenvalue weighted by molar-refractivity contribution is 5.72. The van der Waals surface area contributed by atoms with Crippen molar-refractivity contribution in [2.24, 2.45) is 5.92 Å². The minimum absolute atomic E-state index is 0.0232. The highest BCUT2D eigenvalue weighted by atomic mass is 16.3. The van der Waals surface area contributed by atoms with Crippen molar-refractivity contribution in [2.45, 2.75) is 33.1 Å². The first kappa shape index (κ1) is 11.4. The van der Waals surface area contributed by atoms with Gasteiger partial charge in [0.1, 0.15) is 0 Å². The van der Waals surface area contributed by atoms with Crippen molar-refractivity contribution in [1.29, 1.82) is 0 Å². The van der Waals surface area contributed by atoms with Crippen LogP contribution in [-0.2, 0) is 4.79 Å². The van der Waals surface area contributed by atoms with Crippen LogP contribution in [-0.4, -0.2) is 24.2 Å². The maximum absolute atomic E-state index is 10.5. The summed E-state index contributed by atoms with van der Waals surface area (Å²) in [5.41, 5.74) is 0. The molecule has 1 unspecified atom stereocenters. The maximum atomic E-state index is 10.5. The van der Waals surface area contributed by atoms with Crippen molar-refractivity contribution in [1.82, 2.24) is 5.32 Å². The first-order valence-corrected chi connectivity index (χ1v) is 4.56. The second-order valence-electron chi connectivity index (χ2n) is 3.13. The van der Waals surface area contributed by atoms with Gasteiger partial charge in [0.2, 0.25) is 5.91 Å². The Morgan fingerprint density at radius 3 is 2.67 bits per heavy atom. The molecular formula is C9H19NO2. The molecule has 0 bridgehead atoms. The quantitative estimate of drug-likeness (QED) is 0.627. The third-order valence-electron chi connectivity index (χ3n) is 1.86. The van der Waals surface area contributed by atoms with Gasteiger partial charge in [-0.1, -0.05) is 19.8 Å². The smallest absolute Gasteiger partial charge is 0.216 e. The van der Waals surface area contributed by atoms with Crippen LogP contribution in [0.1, 0.15) is 33.1 Å². The highest BCUT2D eigenvalue weighted by Gasteiger charge is 2.06. The van der Waals surface area contributed by atoms with E-state index in [2.05, 4.69) is 12.2 Å². The lowest BCUT2D eigenvalue weighted by Gasteiger charge is -2.13. The number of hydrogen-bond acceptors (Lipinski definition) is 2. The van der Waals surface area contributed by atoms with Gasteiger partial charge < -0.3 is 10.4 Å². The lowest BCUT2D eigenvalue weighted by atomic mass is 10.0. The molecule has 1 atom stereocenters. The lowest BCUT2D eigenvalue weighted by molar-refractivity contribution is -0.119. The predicted molar refractivity (Wildman–Crippen MR) is 48.8 cm³/mol. The van der Waals surface area contributed by atoms with Crippen molar-refractivity contribution >= 4 is 5.91 Å². The van der Waals surface area contributed by atoms with Gasteiger partial charge >= 0.3 is 0 Å². The molecule has 1 amide bonds.